The van der Waals surface area contributed by atoms with Gasteiger partial charge in [0.05, 0.1) is 6.54 Å². The van der Waals surface area contributed by atoms with E-state index in [1.54, 1.807) is 42.7 Å². The first kappa shape index (κ1) is 22.7. The summed E-state index contributed by atoms with van der Waals surface area (Å²) in [4.78, 5) is 27.9. The van der Waals surface area contributed by atoms with Crippen LogP contribution in [0, 0.1) is 0 Å². The number of carbonyl (C=O) groups is 2. The number of aliphatic carboxylic acids is 1. The molecule has 34 heavy (non-hydrogen) atoms. The molecule has 170 valence electrons. The minimum atomic E-state index is -1.06. The zero-order valence-electron chi connectivity index (χ0n) is 18.5. The van der Waals surface area contributed by atoms with Gasteiger partial charge in [0.2, 0.25) is 0 Å². The summed E-state index contributed by atoms with van der Waals surface area (Å²) in [5.41, 5.74) is 3.97. The molecule has 0 radical (unpaired) electrons. The number of aromatic nitrogens is 3. The van der Waals surface area contributed by atoms with Crippen LogP contribution in [0.4, 0.5) is 0 Å². The number of ether oxygens (including phenoxy) is 1. The van der Waals surface area contributed by atoms with E-state index in [4.69, 9.17) is 14.9 Å². The van der Waals surface area contributed by atoms with Crippen molar-refractivity contribution in [2.45, 2.75) is 19.6 Å². The summed E-state index contributed by atoms with van der Waals surface area (Å²) in [5.74, 6) is -0.859. The van der Waals surface area contributed by atoms with Gasteiger partial charge in [-0.25, -0.2) is 4.79 Å². The molecule has 1 unspecified atom stereocenters. The molecule has 0 saturated heterocycles. The van der Waals surface area contributed by atoms with Gasteiger partial charge in [-0.2, -0.15) is 5.10 Å². The molecule has 4 aromatic rings. The van der Waals surface area contributed by atoms with Crippen molar-refractivity contribution in [2.75, 3.05) is 0 Å². The first-order valence-electron chi connectivity index (χ1n) is 10.7. The summed E-state index contributed by atoms with van der Waals surface area (Å²) in [6.07, 6.45) is 7.62. The Kier molecular flexibility index (Phi) is 6.93. The SMILES string of the molecule is CC(Oc1ccc(C(=O)C=Cc2cn(Cc3ccccc3)nc2-c2cccnc2)cc1)C(=O)O. The molecule has 0 saturated carbocycles. The second-order valence-corrected chi connectivity index (χ2v) is 7.68. The molecule has 1 atom stereocenters. The molecule has 0 fully saturated rings. The highest BCUT2D eigenvalue weighted by Gasteiger charge is 2.13. The lowest BCUT2D eigenvalue weighted by Crippen LogP contribution is -2.22. The molecule has 0 aliphatic rings. The van der Waals surface area contributed by atoms with Crippen LogP contribution in [0.1, 0.15) is 28.4 Å². The number of hydrogen-bond donors (Lipinski definition) is 1. The minimum Gasteiger partial charge on any atom is -0.479 e. The van der Waals surface area contributed by atoms with E-state index >= 15 is 0 Å². The first-order valence-corrected chi connectivity index (χ1v) is 10.7. The van der Waals surface area contributed by atoms with Crippen LogP contribution in [0.15, 0.2) is 91.4 Å². The van der Waals surface area contributed by atoms with Crippen molar-refractivity contribution in [2.24, 2.45) is 0 Å². The molecule has 2 aromatic heterocycles. The maximum atomic E-state index is 12.7. The fourth-order valence-corrected chi connectivity index (χ4v) is 3.35. The number of nitrogens with zero attached hydrogens (tertiary/aromatic N) is 3. The summed E-state index contributed by atoms with van der Waals surface area (Å²) in [6, 6.07) is 20.2. The fraction of sp³-hybridized carbons (Fsp3) is 0.111. The quantitative estimate of drug-likeness (QED) is 0.291. The van der Waals surface area contributed by atoms with E-state index in [1.165, 1.54) is 13.0 Å². The zero-order valence-corrected chi connectivity index (χ0v) is 18.5. The highest BCUT2D eigenvalue weighted by atomic mass is 16.5. The van der Waals surface area contributed by atoms with Crippen LogP contribution in [0.5, 0.6) is 5.75 Å². The lowest BCUT2D eigenvalue weighted by Gasteiger charge is -2.10. The van der Waals surface area contributed by atoms with Gasteiger partial charge < -0.3 is 9.84 Å². The van der Waals surface area contributed by atoms with Gasteiger partial charge in [-0.3, -0.25) is 14.5 Å². The van der Waals surface area contributed by atoms with Gasteiger partial charge in [0, 0.05) is 35.3 Å². The predicted molar refractivity (Wildman–Crippen MR) is 129 cm³/mol. The number of carbonyl (C=O) groups excluding carboxylic acids is 1. The third-order valence-corrected chi connectivity index (χ3v) is 5.13. The maximum absolute atomic E-state index is 12.7. The number of benzene rings is 2. The highest BCUT2D eigenvalue weighted by molar-refractivity contribution is 6.07. The number of carboxylic acid groups (broad SMARTS) is 1. The van der Waals surface area contributed by atoms with Crippen molar-refractivity contribution in [3.63, 3.8) is 0 Å². The van der Waals surface area contributed by atoms with Crippen molar-refractivity contribution in [1.82, 2.24) is 14.8 Å². The van der Waals surface area contributed by atoms with Crippen LogP contribution in [-0.2, 0) is 11.3 Å². The number of ketones is 1. The molecule has 4 rings (SSSR count). The van der Waals surface area contributed by atoms with E-state index in [1.807, 2.05) is 53.3 Å². The Labute approximate surface area is 197 Å². The van der Waals surface area contributed by atoms with Gasteiger partial charge in [-0.05, 0) is 61.0 Å². The van der Waals surface area contributed by atoms with Crippen LogP contribution < -0.4 is 4.74 Å². The van der Waals surface area contributed by atoms with Crippen molar-refractivity contribution in [1.29, 1.82) is 0 Å². The van der Waals surface area contributed by atoms with Crippen molar-refractivity contribution in [3.05, 3.63) is 108 Å². The average Bonchev–Trinajstić information content (AvgIpc) is 3.26. The molecule has 0 aliphatic heterocycles. The van der Waals surface area contributed by atoms with Crippen LogP contribution in [0.2, 0.25) is 0 Å². The topological polar surface area (TPSA) is 94.3 Å². The number of pyridine rings is 1. The molecule has 7 nitrogen and oxygen atoms in total. The standard InChI is InChI=1S/C27H23N3O4/c1-19(27(32)33)34-24-12-9-21(10-13-24)25(31)14-11-23-18-30(17-20-6-3-2-4-7-20)29-26(23)22-8-5-15-28-16-22/h2-16,18-19H,17H2,1H3,(H,32,33). The molecular formula is C27H23N3O4. The van der Waals surface area contributed by atoms with Gasteiger partial charge in [0.1, 0.15) is 11.4 Å². The molecular weight excluding hydrogens is 430 g/mol. The Morgan fingerprint density at radius 1 is 1.06 bits per heavy atom. The molecule has 0 aliphatic carbocycles. The average molecular weight is 453 g/mol. The van der Waals surface area contributed by atoms with Crippen LogP contribution in [-0.4, -0.2) is 37.7 Å². The Morgan fingerprint density at radius 3 is 2.50 bits per heavy atom. The monoisotopic (exact) mass is 453 g/mol. The van der Waals surface area contributed by atoms with Crippen LogP contribution in [0.25, 0.3) is 17.3 Å². The lowest BCUT2D eigenvalue weighted by molar-refractivity contribution is -0.144. The first-order chi connectivity index (χ1) is 16.5. The van der Waals surface area contributed by atoms with Gasteiger partial charge in [0.15, 0.2) is 11.9 Å². The van der Waals surface area contributed by atoms with Gasteiger partial charge in [-0.1, -0.05) is 30.3 Å². The Morgan fingerprint density at radius 2 is 1.82 bits per heavy atom. The Bertz CT molecular complexity index is 1300. The predicted octanol–water partition coefficient (Wildman–Crippen LogP) is 4.74. The van der Waals surface area contributed by atoms with E-state index in [9.17, 15) is 9.59 Å². The largest absolute Gasteiger partial charge is 0.479 e. The number of rotatable bonds is 9. The second-order valence-electron chi connectivity index (χ2n) is 7.68. The van der Waals surface area contributed by atoms with E-state index < -0.39 is 12.1 Å². The van der Waals surface area contributed by atoms with E-state index in [0.29, 0.717) is 17.9 Å². The van der Waals surface area contributed by atoms with Gasteiger partial charge in [-0.15, -0.1) is 0 Å². The molecule has 2 aromatic carbocycles. The third kappa shape index (κ3) is 5.63. The third-order valence-electron chi connectivity index (χ3n) is 5.13. The second kappa shape index (κ2) is 10.4. The van der Waals surface area contributed by atoms with E-state index in [-0.39, 0.29) is 5.78 Å². The molecule has 1 N–H and O–H groups in total. The minimum absolute atomic E-state index is 0.189. The molecule has 2 heterocycles. The van der Waals surface area contributed by atoms with Crippen molar-refractivity contribution >= 4 is 17.8 Å². The molecule has 7 heteroatoms. The zero-order chi connectivity index (χ0) is 23.9. The van der Waals surface area contributed by atoms with Gasteiger partial charge >= 0.3 is 5.97 Å². The highest BCUT2D eigenvalue weighted by Crippen LogP contribution is 2.23. The number of allylic oxidation sites excluding steroid dienone is 1. The molecule has 0 spiro atoms. The van der Waals surface area contributed by atoms with E-state index in [2.05, 4.69) is 4.98 Å². The summed E-state index contributed by atoms with van der Waals surface area (Å²) in [6.45, 7) is 2.05. The smallest absolute Gasteiger partial charge is 0.344 e. The normalized spacial score (nSPS) is 11.9. The molecule has 0 bridgehead atoms. The summed E-state index contributed by atoms with van der Waals surface area (Å²) >= 11 is 0. The number of hydrogen-bond acceptors (Lipinski definition) is 5. The Hall–Kier alpha value is -4.52. The van der Waals surface area contributed by atoms with Gasteiger partial charge in [0.25, 0.3) is 0 Å². The van der Waals surface area contributed by atoms with Crippen LogP contribution >= 0.6 is 0 Å². The molecule has 0 amide bonds. The Balaban J connectivity index is 1.55. The fourth-order valence-electron chi connectivity index (χ4n) is 3.35. The summed E-state index contributed by atoms with van der Waals surface area (Å²) < 4.78 is 7.16. The summed E-state index contributed by atoms with van der Waals surface area (Å²) in [7, 11) is 0. The van der Waals surface area contributed by atoms with Crippen molar-refractivity contribution < 1.29 is 19.4 Å². The maximum Gasteiger partial charge on any atom is 0.344 e. The van der Waals surface area contributed by atoms with Crippen LogP contribution in [0.3, 0.4) is 0 Å². The van der Waals surface area contributed by atoms with Crippen molar-refractivity contribution in [3.8, 4) is 17.0 Å². The summed E-state index contributed by atoms with van der Waals surface area (Å²) in [5, 5.41) is 13.7. The van der Waals surface area contributed by atoms with E-state index in [0.717, 1.165) is 22.4 Å². The number of carboxylic acids is 1. The lowest BCUT2D eigenvalue weighted by atomic mass is 10.1.